The van der Waals surface area contributed by atoms with E-state index in [1.165, 1.54) is 17.8 Å². The lowest BCUT2D eigenvalue weighted by atomic mass is 10.2. The molecule has 26 heavy (non-hydrogen) atoms. The lowest BCUT2D eigenvalue weighted by molar-refractivity contribution is -0.113. The molecule has 0 saturated heterocycles. The molecule has 6 nitrogen and oxygen atoms in total. The van der Waals surface area contributed by atoms with E-state index in [9.17, 15) is 9.18 Å². The molecule has 0 atom stereocenters. The summed E-state index contributed by atoms with van der Waals surface area (Å²) in [5.41, 5.74) is 2.12. The van der Waals surface area contributed by atoms with Crippen molar-refractivity contribution < 1.29 is 9.18 Å². The van der Waals surface area contributed by atoms with Crippen molar-refractivity contribution in [2.24, 2.45) is 0 Å². The van der Waals surface area contributed by atoms with E-state index in [1.54, 1.807) is 18.2 Å². The van der Waals surface area contributed by atoms with E-state index in [-0.39, 0.29) is 17.5 Å². The van der Waals surface area contributed by atoms with Crippen molar-refractivity contribution in [3.05, 3.63) is 54.3 Å². The maximum atomic E-state index is 13.8. The maximum Gasteiger partial charge on any atom is 0.234 e. The molecule has 2 N–H and O–H groups in total. The third-order valence-corrected chi connectivity index (χ3v) is 4.44. The number of aromatic nitrogens is 3. The number of halogens is 1. The van der Waals surface area contributed by atoms with Crippen LogP contribution in [-0.4, -0.2) is 40.9 Å². The first-order valence-corrected chi connectivity index (χ1v) is 8.89. The Morgan fingerprint density at radius 1 is 1.19 bits per heavy atom. The highest BCUT2D eigenvalue weighted by Crippen LogP contribution is 2.22. The minimum Gasteiger partial charge on any atom is -0.378 e. The summed E-state index contributed by atoms with van der Waals surface area (Å²) >= 11 is 1.18. The molecule has 0 unspecified atom stereocenters. The van der Waals surface area contributed by atoms with Gasteiger partial charge in [0.05, 0.1) is 11.3 Å². The third-order valence-electron chi connectivity index (χ3n) is 3.59. The summed E-state index contributed by atoms with van der Waals surface area (Å²) in [6.45, 7) is 0. The molecule has 0 spiro atoms. The van der Waals surface area contributed by atoms with Gasteiger partial charge < -0.3 is 10.2 Å². The molecule has 0 radical (unpaired) electrons. The second kappa shape index (κ2) is 8.01. The highest BCUT2D eigenvalue weighted by Gasteiger charge is 2.11. The van der Waals surface area contributed by atoms with Gasteiger partial charge in [-0.2, -0.15) is 0 Å². The van der Waals surface area contributed by atoms with Crippen molar-refractivity contribution in [1.29, 1.82) is 0 Å². The minimum absolute atomic E-state index is 0.157. The minimum atomic E-state index is -0.376. The van der Waals surface area contributed by atoms with E-state index >= 15 is 0 Å². The molecular formula is C18H18FN5OS. The number of nitrogens with zero attached hydrogens (tertiary/aromatic N) is 3. The first-order chi connectivity index (χ1) is 12.5. The first-order valence-electron chi connectivity index (χ1n) is 7.90. The number of H-pyrrole nitrogens is 1. The predicted molar refractivity (Wildman–Crippen MR) is 102 cm³/mol. The van der Waals surface area contributed by atoms with Crippen molar-refractivity contribution in [2.45, 2.75) is 5.16 Å². The molecule has 0 aliphatic heterocycles. The highest BCUT2D eigenvalue weighted by molar-refractivity contribution is 7.99. The van der Waals surface area contributed by atoms with E-state index in [2.05, 4.69) is 20.5 Å². The van der Waals surface area contributed by atoms with E-state index < -0.39 is 0 Å². The van der Waals surface area contributed by atoms with E-state index in [1.807, 2.05) is 43.3 Å². The zero-order chi connectivity index (χ0) is 18.5. The molecule has 134 valence electrons. The molecule has 0 aliphatic rings. The summed E-state index contributed by atoms with van der Waals surface area (Å²) in [6, 6.07) is 13.9. The van der Waals surface area contributed by atoms with Gasteiger partial charge in [-0.15, -0.1) is 5.10 Å². The average molecular weight is 371 g/mol. The average Bonchev–Trinajstić information content (AvgIpc) is 3.09. The van der Waals surface area contributed by atoms with Crippen LogP contribution in [0.15, 0.2) is 53.7 Å². The van der Waals surface area contributed by atoms with Crippen LogP contribution < -0.4 is 10.2 Å². The molecule has 8 heteroatoms. The monoisotopic (exact) mass is 371 g/mol. The number of amides is 1. The molecule has 0 aliphatic carbocycles. The van der Waals surface area contributed by atoms with Crippen LogP contribution >= 0.6 is 11.8 Å². The lowest BCUT2D eigenvalue weighted by Gasteiger charge is -2.12. The van der Waals surface area contributed by atoms with E-state index in [0.29, 0.717) is 16.5 Å². The number of carbonyl (C=O) groups excluding carboxylic acids is 1. The molecule has 0 fully saturated rings. The Labute approximate surface area is 154 Å². The Hall–Kier alpha value is -2.87. The zero-order valence-electron chi connectivity index (χ0n) is 14.4. The molecule has 0 bridgehead atoms. The van der Waals surface area contributed by atoms with Gasteiger partial charge >= 0.3 is 0 Å². The van der Waals surface area contributed by atoms with Crippen molar-refractivity contribution in [3.63, 3.8) is 0 Å². The van der Waals surface area contributed by atoms with Crippen molar-refractivity contribution in [2.75, 3.05) is 30.1 Å². The van der Waals surface area contributed by atoms with Crippen LogP contribution in [0.3, 0.4) is 0 Å². The summed E-state index contributed by atoms with van der Waals surface area (Å²) in [4.78, 5) is 18.3. The quantitative estimate of drug-likeness (QED) is 0.650. The fourth-order valence-corrected chi connectivity index (χ4v) is 2.85. The Bertz CT molecular complexity index is 895. The summed E-state index contributed by atoms with van der Waals surface area (Å²) < 4.78 is 13.8. The number of benzene rings is 2. The highest BCUT2D eigenvalue weighted by atomic mass is 32.2. The molecule has 1 amide bonds. The number of hydrogen-bond donors (Lipinski definition) is 2. The standard InChI is InChI=1S/C18H18FN5OS/c1-24(2)13-9-7-12(8-10-13)20-16(25)11-26-18-21-17(22-23-18)14-5-3-4-6-15(14)19/h3-10H,11H2,1-2H3,(H,20,25)(H,21,22,23). The van der Waals surface area contributed by atoms with Crippen LogP contribution in [0.2, 0.25) is 0 Å². The number of thioether (sulfide) groups is 1. The van der Waals surface area contributed by atoms with Crippen molar-refractivity contribution >= 4 is 29.0 Å². The van der Waals surface area contributed by atoms with Gasteiger partial charge in [-0.05, 0) is 36.4 Å². The molecule has 3 aromatic rings. The second-order valence-electron chi connectivity index (χ2n) is 5.72. The molecule has 2 aromatic carbocycles. The fraction of sp³-hybridized carbons (Fsp3) is 0.167. The zero-order valence-corrected chi connectivity index (χ0v) is 15.2. The van der Waals surface area contributed by atoms with Gasteiger partial charge in [0.15, 0.2) is 5.82 Å². The summed E-state index contributed by atoms with van der Waals surface area (Å²) in [5, 5.41) is 9.93. The smallest absolute Gasteiger partial charge is 0.234 e. The van der Waals surface area contributed by atoms with E-state index in [0.717, 1.165) is 11.4 Å². The lowest BCUT2D eigenvalue weighted by Crippen LogP contribution is -2.14. The Morgan fingerprint density at radius 3 is 2.62 bits per heavy atom. The molecule has 1 heterocycles. The molecule has 3 rings (SSSR count). The van der Waals surface area contributed by atoms with Crippen LogP contribution in [0, 0.1) is 5.82 Å². The maximum absolute atomic E-state index is 13.8. The summed E-state index contributed by atoms with van der Waals surface area (Å²) in [5.74, 6) is -0.0430. The van der Waals surface area contributed by atoms with Gasteiger partial charge in [0, 0.05) is 25.5 Å². The SMILES string of the molecule is CN(C)c1ccc(NC(=O)CSc2n[nH]c(-c3ccccc3F)n2)cc1. The normalized spacial score (nSPS) is 10.6. The van der Waals surface area contributed by atoms with Gasteiger partial charge in [-0.25, -0.2) is 9.37 Å². The first kappa shape index (κ1) is 17.9. The van der Waals surface area contributed by atoms with Crippen LogP contribution in [0.25, 0.3) is 11.4 Å². The number of nitrogens with one attached hydrogen (secondary N) is 2. The Kier molecular flexibility index (Phi) is 5.52. The van der Waals surface area contributed by atoms with Crippen LogP contribution in [-0.2, 0) is 4.79 Å². The van der Waals surface area contributed by atoms with Crippen molar-refractivity contribution in [3.8, 4) is 11.4 Å². The van der Waals surface area contributed by atoms with Gasteiger partial charge in [-0.1, -0.05) is 23.9 Å². The number of hydrogen-bond acceptors (Lipinski definition) is 5. The number of carbonyl (C=O) groups is 1. The fourth-order valence-electron chi connectivity index (χ4n) is 2.25. The number of rotatable bonds is 6. The number of aromatic amines is 1. The number of anilines is 2. The Balaban J connectivity index is 1.56. The molecule has 0 saturated carbocycles. The predicted octanol–water partition coefficient (Wildman–Crippen LogP) is 3.41. The molecular weight excluding hydrogens is 353 g/mol. The largest absolute Gasteiger partial charge is 0.378 e. The van der Waals surface area contributed by atoms with Gasteiger partial charge in [0.1, 0.15) is 5.82 Å². The van der Waals surface area contributed by atoms with E-state index in [4.69, 9.17) is 0 Å². The van der Waals surface area contributed by atoms with Crippen LogP contribution in [0.1, 0.15) is 0 Å². The second-order valence-corrected chi connectivity index (χ2v) is 6.67. The topological polar surface area (TPSA) is 73.9 Å². The van der Waals surface area contributed by atoms with Crippen molar-refractivity contribution in [1.82, 2.24) is 15.2 Å². The van der Waals surface area contributed by atoms with Crippen LogP contribution in [0.5, 0.6) is 0 Å². The van der Waals surface area contributed by atoms with Crippen LogP contribution in [0.4, 0.5) is 15.8 Å². The van der Waals surface area contributed by atoms with Gasteiger partial charge in [0.2, 0.25) is 11.1 Å². The Morgan fingerprint density at radius 2 is 1.92 bits per heavy atom. The summed E-state index contributed by atoms with van der Waals surface area (Å²) in [7, 11) is 3.91. The third kappa shape index (κ3) is 4.40. The molecule has 1 aromatic heterocycles. The van der Waals surface area contributed by atoms with Gasteiger partial charge in [-0.3, -0.25) is 9.89 Å². The van der Waals surface area contributed by atoms with Gasteiger partial charge in [0.25, 0.3) is 0 Å². The summed E-state index contributed by atoms with van der Waals surface area (Å²) in [6.07, 6.45) is 0.